The van der Waals surface area contributed by atoms with Crippen molar-refractivity contribution in [1.82, 2.24) is 0 Å². The highest BCUT2D eigenvalue weighted by Gasteiger charge is 2.23. The maximum Gasteiger partial charge on any atom is 0.119 e. The van der Waals surface area contributed by atoms with E-state index in [9.17, 15) is 5.11 Å². The van der Waals surface area contributed by atoms with Crippen molar-refractivity contribution in [3.8, 4) is 5.75 Å². The van der Waals surface area contributed by atoms with E-state index in [2.05, 4.69) is 24.3 Å². The van der Waals surface area contributed by atoms with Crippen LogP contribution >= 0.6 is 11.8 Å². The van der Waals surface area contributed by atoms with Crippen molar-refractivity contribution in [3.05, 3.63) is 59.7 Å². The summed E-state index contributed by atoms with van der Waals surface area (Å²) < 4.78 is 5.91. The molecule has 0 fully saturated rings. The zero-order chi connectivity index (χ0) is 13.9. The number of benzene rings is 2. The topological polar surface area (TPSA) is 29.5 Å². The zero-order valence-electron chi connectivity index (χ0n) is 11.5. The number of hydrogen-bond donors (Lipinski definition) is 1. The van der Waals surface area contributed by atoms with Crippen LogP contribution < -0.4 is 4.74 Å². The molecule has 0 saturated heterocycles. The quantitative estimate of drug-likeness (QED) is 0.921. The van der Waals surface area contributed by atoms with Crippen molar-refractivity contribution in [2.24, 2.45) is 0 Å². The summed E-state index contributed by atoms with van der Waals surface area (Å²) in [6.45, 7) is 2.45. The van der Waals surface area contributed by atoms with E-state index >= 15 is 0 Å². The third kappa shape index (κ3) is 2.84. The van der Waals surface area contributed by atoms with Gasteiger partial charge in [0, 0.05) is 16.6 Å². The predicted octanol–water partition coefficient (Wildman–Crippen LogP) is 4.01. The smallest absolute Gasteiger partial charge is 0.119 e. The van der Waals surface area contributed by atoms with Gasteiger partial charge in [-0.2, -0.15) is 0 Å². The van der Waals surface area contributed by atoms with E-state index in [4.69, 9.17) is 4.74 Å². The van der Waals surface area contributed by atoms with Gasteiger partial charge in [0.1, 0.15) is 5.75 Å². The Morgan fingerprint density at radius 2 is 2.10 bits per heavy atom. The molecule has 1 heterocycles. The van der Waals surface area contributed by atoms with Crippen molar-refractivity contribution in [3.63, 3.8) is 0 Å². The van der Waals surface area contributed by atoms with Gasteiger partial charge in [0.15, 0.2) is 0 Å². The SMILES string of the molecule is C[C@@H](O)c1cccc(OCC2CSc3ccccc32)c1. The summed E-state index contributed by atoms with van der Waals surface area (Å²) in [5, 5.41) is 9.60. The molecular weight excluding hydrogens is 268 g/mol. The van der Waals surface area contributed by atoms with Crippen LogP contribution in [0.2, 0.25) is 0 Å². The second-order valence-electron chi connectivity index (χ2n) is 5.11. The maximum absolute atomic E-state index is 9.60. The molecular formula is C17H18O2S. The number of thioether (sulfide) groups is 1. The first-order valence-corrected chi connectivity index (χ1v) is 7.85. The van der Waals surface area contributed by atoms with E-state index in [0.29, 0.717) is 12.5 Å². The van der Waals surface area contributed by atoms with Gasteiger partial charge in [-0.25, -0.2) is 0 Å². The molecule has 0 saturated carbocycles. The van der Waals surface area contributed by atoms with Gasteiger partial charge in [0.2, 0.25) is 0 Å². The van der Waals surface area contributed by atoms with Gasteiger partial charge in [-0.15, -0.1) is 11.8 Å². The minimum atomic E-state index is -0.457. The second kappa shape index (κ2) is 5.90. The van der Waals surface area contributed by atoms with Crippen molar-refractivity contribution in [2.45, 2.75) is 23.8 Å². The molecule has 2 atom stereocenters. The van der Waals surface area contributed by atoms with Gasteiger partial charge in [0.25, 0.3) is 0 Å². The average Bonchev–Trinajstić information content (AvgIpc) is 2.89. The molecule has 104 valence electrons. The number of aliphatic hydroxyl groups is 1. The number of fused-ring (bicyclic) bond motifs is 1. The lowest BCUT2D eigenvalue weighted by Crippen LogP contribution is -2.09. The van der Waals surface area contributed by atoms with Crippen molar-refractivity contribution in [2.75, 3.05) is 12.4 Å². The molecule has 20 heavy (non-hydrogen) atoms. The van der Waals surface area contributed by atoms with Crippen LogP contribution in [0.25, 0.3) is 0 Å². The first kappa shape index (κ1) is 13.5. The Kier molecular flexibility index (Phi) is 3.99. The van der Waals surface area contributed by atoms with Crippen LogP contribution in [0.5, 0.6) is 5.75 Å². The van der Waals surface area contributed by atoms with Gasteiger partial charge in [-0.1, -0.05) is 30.3 Å². The molecule has 3 rings (SSSR count). The first-order chi connectivity index (χ1) is 9.74. The molecule has 2 aromatic rings. The Labute approximate surface area is 123 Å². The molecule has 0 bridgehead atoms. The number of aliphatic hydroxyl groups excluding tert-OH is 1. The largest absolute Gasteiger partial charge is 0.493 e. The summed E-state index contributed by atoms with van der Waals surface area (Å²) in [5.41, 5.74) is 2.29. The summed E-state index contributed by atoms with van der Waals surface area (Å²) in [7, 11) is 0. The van der Waals surface area contributed by atoms with Crippen LogP contribution in [0, 0.1) is 0 Å². The maximum atomic E-state index is 9.60. The van der Waals surface area contributed by atoms with Crippen LogP contribution in [-0.2, 0) is 0 Å². The zero-order valence-corrected chi connectivity index (χ0v) is 12.3. The first-order valence-electron chi connectivity index (χ1n) is 6.86. The van der Waals surface area contributed by atoms with Gasteiger partial charge in [0.05, 0.1) is 12.7 Å². The van der Waals surface area contributed by atoms with E-state index in [1.54, 1.807) is 6.92 Å². The fourth-order valence-corrected chi connectivity index (χ4v) is 3.66. The molecule has 0 aliphatic carbocycles. The molecule has 3 heteroatoms. The summed E-state index contributed by atoms with van der Waals surface area (Å²) in [6.07, 6.45) is -0.457. The minimum Gasteiger partial charge on any atom is -0.493 e. The lowest BCUT2D eigenvalue weighted by molar-refractivity contribution is 0.198. The fraction of sp³-hybridized carbons (Fsp3) is 0.294. The normalized spacial score (nSPS) is 18.6. The molecule has 0 spiro atoms. The molecule has 1 aliphatic heterocycles. The molecule has 1 N–H and O–H groups in total. The number of hydrogen-bond acceptors (Lipinski definition) is 3. The van der Waals surface area contributed by atoms with Crippen LogP contribution in [0.4, 0.5) is 0 Å². The highest BCUT2D eigenvalue weighted by atomic mass is 32.2. The Bertz CT molecular complexity index is 595. The van der Waals surface area contributed by atoms with E-state index < -0.39 is 6.10 Å². The molecule has 1 aliphatic rings. The van der Waals surface area contributed by atoms with Crippen LogP contribution in [-0.4, -0.2) is 17.5 Å². The Hall–Kier alpha value is -1.45. The monoisotopic (exact) mass is 286 g/mol. The van der Waals surface area contributed by atoms with E-state index in [1.165, 1.54) is 10.5 Å². The third-order valence-corrected chi connectivity index (χ3v) is 4.84. The summed E-state index contributed by atoms with van der Waals surface area (Å²) in [6, 6.07) is 16.2. The average molecular weight is 286 g/mol. The number of ether oxygens (including phenoxy) is 1. The van der Waals surface area contributed by atoms with Crippen LogP contribution in [0.1, 0.15) is 30.1 Å². The van der Waals surface area contributed by atoms with Gasteiger partial charge in [-0.05, 0) is 36.2 Å². The van der Waals surface area contributed by atoms with Crippen molar-refractivity contribution in [1.29, 1.82) is 0 Å². The second-order valence-corrected chi connectivity index (χ2v) is 6.17. The van der Waals surface area contributed by atoms with Crippen LogP contribution in [0.3, 0.4) is 0 Å². The molecule has 2 aromatic carbocycles. The summed E-state index contributed by atoms with van der Waals surface area (Å²) in [5.74, 6) is 2.36. The predicted molar refractivity (Wildman–Crippen MR) is 82.5 cm³/mol. The summed E-state index contributed by atoms with van der Waals surface area (Å²) >= 11 is 1.90. The highest BCUT2D eigenvalue weighted by Crippen LogP contribution is 2.39. The van der Waals surface area contributed by atoms with Gasteiger partial charge in [-0.3, -0.25) is 0 Å². The lowest BCUT2D eigenvalue weighted by Gasteiger charge is -2.14. The molecule has 0 aromatic heterocycles. The standard InChI is InChI=1S/C17H18O2S/c1-12(18)13-5-4-6-15(9-13)19-10-14-11-20-17-8-3-2-7-16(14)17/h2-9,12,14,18H,10-11H2,1H3/t12-,14?/m1/s1. The van der Waals surface area contributed by atoms with Crippen LogP contribution in [0.15, 0.2) is 53.4 Å². The van der Waals surface area contributed by atoms with Gasteiger partial charge >= 0.3 is 0 Å². The molecule has 0 radical (unpaired) electrons. The highest BCUT2D eigenvalue weighted by molar-refractivity contribution is 7.99. The molecule has 2 nitrogen and oxygen atoms in total. The van der Waals surface area contributed by atoms with Gasteiger partial charge < -0.3 is 9.84 Å². The number of rotatable bonds is 4. The van der Waals surface area contributed by atoms with Crippen molar-refractivity contribution >= 4 is 11.8 Å². The summed E-state index contributed by atoms with van der Waals surface area (Å²) in [4.78, 5) is 1.37. The Morgan fingerprint density at radius 3 is 2.95 bits per heavy atom. The lowest BCUT2D eigenvalue weighted by atomic mass is 10.0. The van der Waals surface area contributed by atoms with E-state index in [1.807, 2.05) is 36.0 Å². The minimum absolute atomic E-state index is 0.450. The van der Waals surface area contributed by atoms with E-state index in [-0.39, 0.29) is 0 Å². The molecule has 0 amide bonds. The Balaban J connectivity index is 1.67. The molecule has 1 unspecified atom stereocenters. The van der Waals surface area contributed by atoms with E-state index in [0.717, 1.165) is 17.1 Å². The fourth-order valence-electron chi connectivity index (χ4n) is 2.43. The Morgan fingerprint density at radius 1 is 1.25 bits per heavy atom. The third-order valence-electron chi connectivity index (χ3n) is 3.59. The van der Waals surface area contributed by atoms with Crippen molar-refractivity contribution < 1.29 is 9.84 Å².